The summed E-state index contributed by atoms with van der Waals surface area (Å²) in [6.45, 7) is 4.71. The minimum absolute atomic E-state index is 0.105. The van der Waals surface area contributed by atoms with Crippen LogP contribution in [0.4, 0.5) is 0 Å². The first-order valence-corrected chi connectivity index (χ1v) is 7.90. The van der Waals surface area contributed by atoms with Crippen molar-refractivity contribution >= 4 is 0 Å². The Labute approximate surface area is 113 Å². The largest absolute Gasteiger partial charge is 0.391 e. The maximum absolute atomic E-state index is 10.3. The maximum atomic E-state index is 10.3. The van der Waals surface area contributed by atoms with Crippen LogP contribution in [0.25, 0.3) is 0 Å². The van der Waals surface area contributed by atoms with Gasteiger partial charge < -0.3 is 5.11 Å². The summed E-state index contributed by atoms with van der Waals surface area (Å²) < 4.78 is 0. The van der Waals surface area contributed by atoms with Crippen molar-refractivity contribution in [1.29, 1.82) is 0 Å². The molecule has 2 rings (SSSR count). The van der Waals surface area contributed by atoms with Gasteiger partial charge in [-0.3, -0.25) is 4.90 Å². The Morgan fingerprint density at radius 2 is 1.61 bits per heavy atom. The molecule has 106 valence electrons. The van der Waals surface area contributed by atoms with E-state index in [4.69, 9.17) is 0 Å². The van der Waals surface area contributed by atoms with Crippen molar-refractivity contribution in [3.05, 3.63) is 0 Å². The second kappa shape index (κ2) is 5.92. The number of hydrogen-bond acceptors (Lipinski definition) is 2. The summed E-state index contributed by atoms with van der Waals surface area (Å²) in [4.78, 5) is 2.52. The Balaban J connectivity index is 1.99. The van der Waals surface area contributed by atoms with Gasteiger partial charge in [0.2, 0.25) is 0 Å². The van der Waals surface area contributed by atoms with E-state index in [1.165, 1.54) is 44.9 Å². The van der Waals surface area contributed by atoms with Crippen LogP contribution in [-0.2, 0) is 0 Å². The molecule has 2 atom stereocenters. The van der Waals surface area contributed by atoms with Crippen LogP contribution in [0, 0.1) is 5.41 Å². The SMILES string of the molecule is CN(C1CCCCCC1)C1CC(C)(C)CCC1O. The van der Waals surface area contributed by atoms with E-state index in [0.717, 1.165) is 12.8 Å². The predicted molar refractivity (Wildman–Crippen MR) is 76.7 cm³/mol. The molecule has 1 N–H and O–H groups in total. The zero-order chi connectivity index (χ0) is 13.2. The molecule has 0 spiro atoms. The van der Waals surface area contributed by atoms with E-state index in [2.05, 4.69) is 25.8 Å². The average Bonchev–Trinajstić information content (AvgIpc) is 2.60. The van der Waals surface area contributed by atoms with Crippen molar-refractivity contribution in [2.75, 3.05) is 7.05 Å². The molecule has 2 aliphatic rings. The molecule has 0 aromatic carbocycles. The first-order chi connectivity index (χ1) is 8.49. The minimum atomic E-state index is -0.105. The Bertz CT molecular complexity index is 256. The van der Waals surface area contributed by atoms with E-state index in [-0.39, 0.29) is 6.10 Å². The molecular weight excluding hydrogens is 222 g/mol. The van der Waals surface area contributed by atoms with Gasteiger partial charge in [-0.15, -0.1) is 0 Å². The molecule has 2 aliphatic carbocycles. The first kappa shape index (κ1) is 14.3. The highest BCUT2D eigenvalue weighted by Gasteiger charge is 2.37. The lowest BCUT2D eigenvalue weighted by Gasteiger charge is -2.45. The first-order valence-electron chi connectivity index (χ1n) is 7.90. The number of aliphatic hydroxyl groups excluding tert-OH is 1. The van der Waals surface area contributed by atoms with Crippen molar-refractivity contribution in [3.63, 3.8) is 0 Å². The highest BCUT2D eigenvalue weighted by molar-refractivity contribution is 4.92. The van der Waals surface area contributed by atoms with E-state index in [9.17, 15) is 5.11 Å². The highest BCUT2D eigenvalue weighted by Crippen LogP contribution is 2.38. The third kappa shape index (κ3) is 3.48. The van der Waals surface area contributed by atoms with E-state index in [1.54, 1.807) is 0 Å². The van der Waals surface area contributed by atoms with Crippen LogP contribution in [0.2, 0.25) is 0 Å². The maximum Gasteiger partial charge on any atom is 0.0695 e. The quantitative estimate of drug-likeness (QED) is 0.760. The molecule has 2 nitrogen and oxygen atoms in total. The zero-order valence-corrected chi connectivity index (χ0v) is 12.5. The summed E-state index contributed by atoms with van der Waals surface area (Å²) in [6, 6.07) is 1.10. The fraction of sp³-hybridized carbons (Fsp3) is 1.00. The van der Waals surface area contributed by atoms with Crippen molar-refractivity contribution in [1.82, 2.24) is 4.90 Å². The third-order valence-electron chi connectivity index (χ3n) is 5.25. The van der Waals surface area contributed by atoms with E-state index in [0.29, 0.717) is 17.5 Å². The number of aliphatic hydroxyl groups is 1. The lowest BCUT2D eigenvalue weighted by Crippen LogP contribution is -2.51. The number of rotatable bonds is 2. The molecule has 2 saturated carbocycles. The van der Waals surface area contributed by atoms with Gasteiger partial charge in [0.1, 0.15) is 0 Å². The van der Waals surface area contributed by atoms with Crippen LogP contribution in [-0.4, -0.2) is 35.2 Å². The summed E-state index contributed by atoms with van der Waals surface area (Å²) >= 11 is 0. The molecule has 0 saturated heterocycles. The molecule has 0 aromatic heterocycles. The van der Waals surface area contributed by atoms with Crippen molar-refractivity contribution in [2.45, 2.75) is 89.8 Å². The van der Waals surface area contributed by atoms with Gasteiger partial charge in [-0.05, 0) is 44.6 Å². The standard InChI is InChI=1S/C16H31NO/c1-16(2)11-10-15(18)14(12-16)17(3)13-8-6-4-5-7-9-13/h13-15,18H,4-12H2,1-3H3. The fourth-order valence-corrected chi connectivity index (χ4v) is 3.89. The highest BCUT2D eigenvalue weighted by atomic mass is 16.3. The van der Waals surface area contributed by atoms with Crippen LogP contribution in [0.1, 0.15) is 71.6 Å². The van der Waals surface area contributed by atoms with Gasteiger partial charge >= 0.3 is 0 Å². The molecule has 2 heteroatoms. The number of nitrogens with zero attached hydrogens (tertiary/aromatic N) is 1. The molecule has 0 aromatic rings. The zero-order valence-electron chi connectivity index (χ0n) is 12.5. The summed E-state index contributed by atoms with van der Waals surface area (Å²) in [6.07, 6.45) is 11.4. The molecule has 2 fully saturated rings. The van der Waals surface area contributed by atoms with Gasteiger partial charge in [0.05, 0.1) is 6.10 Å². The van der Waals surface area contributed by atoms with Gasteiger partial charge in [0, 0.05) is 12.1 Å². The second-order valence-electron chi connectivity index (χ2n) is 7.35. The lowest BCUT2D eigenvalue weighted by atomic mass is 9.73. The average molecular weight is 253 g/mol. The van der Waals surface area contributed by atoms with Gasteiger partial charge in [0.25, 0.3) is 0 Å². The fourth-order valence-electron chi connectivity index (χ4n) is 3.89. The molecule has 0 bridgehead atoms. The van der Waals surface area contributed by atoms with E-state index >= 15 is 0 Å². The molecule has 2 unspecified atom stereocenters. The summed E-state index contributed by atoms with van der Waals surface area (Å²) in [7, 11) is 2.26. The van der Waals surface area contributed by atoms with Gasteiger partial charge in [-0.2, -0.15) is 0 Å². The Morgan fingerprint density at radius 1 is 1.00 bits per heavy atom. The van der Waals surface area contributed by atoms with E-state index in [1.807, 2.05) is 0 Å². The Morgan fingerprint density at radius 3 is 2.22 bits per heavy atom. The van der Waals surface area contributed by atoms with Gasteiger partial charge in [0.15, 0.2) is 0 Å². The molecule has 0 heterocycles. The third-order valence-corrected chi connectivity index (χ3v) is 5.25. The molecule has 0 amide bonds. The van der Waals surface area contributed by atoms with Gasteiger partial charge in [-0.1, -0.05) is 39.5 Å². The number of hydrogen-bond donors (Lipinski definition) is 1. The topological polar surface area (TPSA) is 23.5 Å². The van der Waals surface area contributed by atoms with Crippen LogP contribution in [0.3, 0.4) is 0 Å². The van der Waals surface area contributed by atoms with E-state index < -0.39 is 0 Å². The van der Waals surface area contributed by atoms with Crippen molar-refractivity contribution in [2.24, 2.45) is 5.41 Å². The normalized spacial score (nSPS) is 34.5. The van der Waals surface area contributed by atoms with Crippen LogP contribution >= 0.6 is 0 Å². The lowest BCUT2D eigenvalue weighted by molar-refractivity contribution is -0.0249. The van der Waals surface area contributed by atoms with Crippen LogP contribution in [0.5, 0.6) is 0 Å². The van der Waals surface area contributed by atoms with Crippen LogP contribution in [0.15, 0.2) is 0 Å². The summed E-state index contributed by atoms with van der Waals surface area (Å²) in [5.74, 6) is 0. The smallest absolute Gasteiger partial charge is 0.0695 e. The summed E-state index contributed by atoms with van der Waals surface area (Å²) in [5, 5.41) is 10.3. The molecule has 0 radical (unpaired) electrons. The Kier molecular flexibility index (Phi) is 4.71. The Hall–Kier alpha value is -0.0800. The molecule has 0 aliphatic heterocycles. The molecular formula is C16H31NO. The minimum Gasteiger partial charge on any atom is -0.391 e. The predicted octanol–water partition coefficient (Wildman–Crippen LogP) is 3.58. The summed E-state index contributed by atoms with van der Waals surface area (Å²) in [5.41, 5.74) is 0.406. The van der Waals surface area contributed by atoms with Crippen molar-refractivity contribution < 1.29 is 5.11 Å². The second-order valence-corrected chi connectivity index (χ2v) is 7.35. The number of likely N-dealkylation sites (N-methyl/N-ethyl adjacent to an activating group) is 1. The van der Waals surface area contributed by atoms with Gasteiger partial charge in [-0.25, -0.2) is 0 Å². The molecule has 18 heavy (non-hydrogen) atoms. The van der Waals surface area contributed by atoms with Crippen LogP contribution < -0.4 is 0 Å². The monoisotopic (exact) mass is 253 g/mol. The van der Waals surface area contributed by atoms with Crippen molar-refractivity contribution in [3.8, 4) is 0 Å².